The normalized spacial score (nSPS) is 9.35. The molecule has 0 saturated heterocycles. The second kappa shape index (κ2) is 28.8. The molecule has 0 saturated carbocycles. The Balaban J connectivity index is -0.000000155. The van der Waals surface area contributed by atoms with Gasteiger partial charge in [0.25, 0.3) is 0 Å². The number of carbonyl (C=O) groups excluding carboxylic acids is 2. The molecule has 0 aliphatic carbocycles. The average molecular weight is 418 g/mol. The summed E-state index contributed by atoms with van der Waals surface area (Å²) in [5.41, 5.74) is 0. The maximum absolute atomic E-state index is 10.1. The third-order valence-electron chi connectivity index (χ3n) is 1.84. The Morgan fingerprint density at radius 1 is 0.846 bits per heavy atom. The molecule has 11 nitrogen and oxygen atoms in total. The van der Waals surface area contributed by atoms with Gasteiger partial charge in [-0.25, -0.2) is 25.0 Å². The van der Waals surface area contributed by atoms with Crippen LogP contribution >= 0.6 is 7.82 Å². The molecule has 0 amide bonds. The molecule has 0 aromatic heterocycles. The summed E-state index contributed by atoms with van der Waals surface area (Å²) in [6.07, 6.45) is 4.57. The van der Waals surface area contributed by atoms with Crippen molar-refractivity contribution in [2.75, 3.05) is 34.0 Å². The second-order valence-electron chi connectivity index (χ2n) is 3.94. The molecule has 0 aliphatic rings. The second-order valence-corrected chi connectivity index (χ2v) is 7.18. The van der Waals surface area contributed by atoms with Gasteiger partial charge in [0.2, 0.25) is 12.2 Å². The van der Waals surface area contributed by atoms with Crippen LogP contribution in [0.5, 0.6) is 0 Å². The van der Waals surface area contributed by atoms with E-state index in [0.717, 1.165) is 65.5 Å². The van der Waals surface area contributed by atoms with Crippen molar-refractivity contribution in [1.82, 2.24) is 0 Å². The van der Waals surface area contributed by atoms with E-state index >= 15 is 0 Å². The van der Waals surface area contributed by atoms with E-state index in [9.17, 15) is 4.57 Å². The standard InChI is InChI=1S/C9H22O3Si.C2H7O4P.2CHNO/c1-4-7-10-13(11-8-5-2)12-9-6-3;1-5-7(3,4)6-2;2*2-1-3/h13H,4-9H2,1-3H3;1-2H3,(H,3,4);2*2H. The molecule has 13 heteroatoms. The summed E-state index contributed by atoms with van der Waals surface area (Å²) < 4.78 is 34.5. The molecule has 0 unspecified atom stereocenters. The van der Waals surface area contributed by atoms with Crippen molar-refractivity contribution in [2.45, 2.75) is 40.0 Å². The zero-order valence-electron chi connectivity index (χ0n) is 16.0. The molecular formula is C13H31N2O9PSi. The van der Waals surface area contributed by atoms with E-state index in [-0.39, 0.29) is 0 Å². The van der Waals surface area contributed by atoms with Gasteiger partial charge in [0.1, 0.15) is 0 Å². The first kappa shape index (κ1) is 32.6. The van der Waals surface area contributed by atoms with E-state index < -0.39 is 17.3 Å². The van der Waals surface area contributed by atoms with Crippen LogP contribution in [0.3, 0.4) is 0 Å². The van der Waals surface area contributed by atoms with Crippen LogP contribution in [0.4, 0.5) is 0 Å². The van der Waals surface area contributed by atoms with E-state index in [0.29, 0.717) is 0 Å². The number of hydrogen-bond donors (Lipinski definition) is 3. The Labute approximate surface area is 156 Å². The van der Waals surface area contributed by atoms with Crippen molar-refractivity contribution < 1.29 is 41.4 Å². The molecule has 0 rings (SSSR count). The third-order valence-corrected chi connectivity index (χ3v) is 4.28. The van der Waals surface area contributed by atoms with Crippen LogP contribution < -0.4 is 0 Å². The minimum atomic E-state index is -3.65. The van der Waals surface area contributed by atoms with Crippen LogP contribution in [0, 0.1) is 10.8 Å². The molecule has 0 radical (unpaired) electrons. The third kappa shape index (κ3) is 38.5. The summed E-state index contributed by atoms with van der Waals surface area (Å²) in [5, 5.41) is 10.8. The van der Waals surface area contributed by atoms with Crippen molar-refractivity contribution in [2.24, 2.45) is 0 Å². The predicted molar refractivity (Wildman–Crippen MR) is 96.5 cm³/mol. The molecule has 0 aromatic carbocycles. The van der Waals surface area contributed by atoms with Crippen LogP contribution in [-0.2, 0) is 36.5 Å². The molecular weight excluding hydrogens is 387 g/mol. The van der Waals surface area contributed by atoms with Gasteiger partial charge in [0.05, 0.1) is 0 Å². The fourth-order valence-electron chi connectivity index (χ4n) is 0.861. The van der Waals surface area contributed by atoms with Gasteiger partial charge in [-0.3, -0.25) is 9.05 Å². The van der Waals surface area contributed by atoms with Gasteiger partial charge in [-0.1, -0.05) is 20.8 Å². The molecule has 0 fully saturated rings. The summed E-state index contributed by atoms with van der Waals surface area (Å²) >= 11 is 0. The topological polar surface area (TPSA) is 165 Å². The lowest BCUT2D eigenvalue weighted by Crippen LogP contribution is -2.28. The van der Waals surface area contributed by atoms with Crippen LogP contribution in [0.25, 0.3) is 0 Å². The number of phosphoric ester groups is 1. The van der Waals surface area contributed by atoms with Gasteiger partial charge in [0.15, 0.2) is 0 Å². The maximum atomic E-state index is 10.1. The summed E-state index contributed by atoms with van der Waals surface area (Å²) in [6, 6.07) is 0. The number of isocyanates is 2. The molecule has 0 aromatic rings. The average Bonchev–Trinajstić information content (AvgIpc) is 2.63. The fourth-order valence-corrected chi connectivity index (χ4v) is 2.58. The molecule has 3 N–H and O–H groups in total. The molecule has 0 heterocycles. The van der Waals surface area contributed by atoms with Gasteiger partial charge in [0, 0.05) is 34.0 Å². The van der Waals surface area contributed by atoms with E-state index in [1.807, 2.05) is 0 Å². The van der Waals surface area contributed by atoms with Gasteiger partial charge < -0.3 is 18.2 Å². The molecule has 156 valence electrons. The SMILES string of the molecule is CCCO[SiH](OCCC)OCCC.COP(=O)(O)OC.N=C=O.N=C=O. The van der Waals surface area contributed by atoms with Crippen molar-refractivity contribution in [3.8, 4) is 0 Å². The Morgan fingerprint density at radius 2 is 1.08 bits per heavy atom. The molecule has 0 aliphatic heterocycles. The predicted octanol–water partition coefficient (Wildman–Crippen LogP) is 2.16. The monoisotopic (exact) mass is 418 g/mol. The number of hydrogen-bond acceptors (Lipinski definition) is 10. The molecule has 0 atom stereocenters. The lowest BCUT2D eigenvalue weighted by atomic mass is 10.5. The number of phosphoric acid groups is 1. The minimum absolute atomic E-state index is 0.750. The van der Waals surface area contributed by atoms with Crippen molar-refractivity contribution in [3.05, 3.63) is 0 Å². The Bertz CT molecular complexity index is 351. The van der Waals surface area contributed by atoms with Crippen LogP contribution in [-0.4, -0.2) is 60.6 Å². The van der Waals surface area contributed by atoms with E-state index in [1.165, 1.54) is 0 Å². The van der Waals surface area contributed by atoms with Gasteiger partial charge in [-0.2, -0.15) is 0 Å². The van der Waals surface area contributed by atoms with Crippen molar-refractivity contribution >= 4 is 29.5 Å². The summed E-state index contributed by atoms with van der Waals surface area (Å²) in [4.78, 5) is 24.9. The quantitative estimate of drug-likeness (QED) is 0.197. The van der Waals surface area contributed by atoms with E-state index in [4.69, 9.17) is 38.6 Å². The highest BCUT2D eigenvalue weighted by Gasteiger charge is 2.14. The highest BCUT2D eigenvalue weighted by molar-refractivity contribution is 7.47. The van der Waals surface area contributed by atoms with Crippen LogP contribution in [0.2, 0.25) is 0 Å². The lowest BCUT2D eigenvalue weighted by molar-refractivity contribution is 0.0933. The summed E-state index contributed by atoms with van der Waals surface area (Å²) in [7, 11) is -3.24. The van der Waals surface area contributed by atoms with Crippen molar-refractivity contribution in [1.29, 1.82) is 10.8 Å². The minimum Gasteiger partial charge on any atom is -0.376 e. The first-order chi connectivity index (χ1) is 12.3. The highest BCUT2D eigenvalue weighted by atomic mass is 31.2. The van der Waals surface area contributed by atoms with Gasteiger partial charge in [-0.15, -0.1) is 0 Å². The zero-order chi connectivity index (χ0) is 21.3. The van der Waals surface area contributed by atoms with Crippen molar-refractivity contribution in [3.63, 3.8) is 0 Å². The molecule has 0 bridgehead atoms. The van der Waals surface area contributed by atoms with Crippen LogP contribution in [0.1, 0.15) is 40.0 Å². The fraction of sp³-hybridized carbons (Fsp3) is 0.846. The first-order valence-electron chi connectivity index (χ1n) is 7.67. The zero-order valence-corrected chi connectivity index (χ0v) is 18.0. The Kier molecular flexibility index (Phi) is 36.1. The Morgan fingerprint density at radius 3 is 1.19 bits per heavy atom. The van der Waals surface area contributed by atoms with E-state index in [2.05, 4.69) is 29.8 Å². The van der Waals surface area contributed by atoms with Gasteiger partial charge in [-0.05, 0) is 19.3 Å². The summed E-state index contributed by atoms with van der Waals surface area (Å²) in [6.45, 7) is 8.53. The maximum Gasteiger partial charge on any atom is 0.484 e. The lowest BCUT2D eigenvalue weighted by Gasteiger charge is -2.15. The molecule has 26 heavy (non-hydrogen) atoms. The van der Waals surface area contributed by atoms with Crippen LogP contribution in [0.15, 0.2) is 0 Å². The largest absolute Gasteiger partial charge is 0.484 e. The molecule has 0 spiro atoms. The summed E-state index contributed by atoms with van der Waals surface area (Å²) in [5.74, 6) is 0. The number of nitrogens with one attached hydrogen (secondary N) is 2. The smallest absolute Gasteiger partial charge is 0.376 e. The van der Waals surface area contributed by atoms with Gasteiger partial charge >= 0.3 is 17.3 Å². The Hall–Kier alpha value is -1.03. The number of rotatable bonds is 11. The first-order valence-corrected chi connectivity index (χ1v) is 10.6. The highest BCUT2D eigenvalue weighted by Crippen LogP contribution is 2.40. The van der Waals surface area contributed by atoms with E-state index in [1.54, 1.807) is 0 Å².